The average Bonchev–Trinajstić information content (AvgIpc) is 2.46. The maximum Gasteiger partial charge on any atom is 0.251 e. The lowest BCUT2D eigenvalue weighted by atomic mass is 9.78. The van der Waals surface area contributed by atoms with Crippen LogP contribution in [0.1, 0.15) is 60.5 Å². The molecule has 0 atom stereocenters. The number of rotatable bonds is 4. The van der Waals surface area contributed by atoms with E-state index in [4.69, 9.17) is 0 Å². The second-order valence-corrected chi connectivity index (χ2v) is 6.53. The fourth-order valence-electron chi connectivity index (χ4n) is 3.31. The van der Waals surface area contributed by atoms with Gasteiger partial charge in [-0.25, -0.2) is 0 Å². The molecule has 1 fully saturated rings. The summed E-state index contributed by atoms with van der Waals surface area (Å²) < 4.78 is 0. The van der Waals surface area contributed by atoms with Crippen molar-refractivity contribution in [3.63, 3.8) is 0 Å². The number of nitrogens with one attached hydrogen (secondary N) is 1. The molecule has 0 aromatic heterocycles. The molecular weight excluding hydrogens is 262 g/mol. The van der Waals surface area contributed by atoms with Crippen molar-refractivity contribution < 1.29 is 9.90 Å². The summed E-state index contributed by atoms with van der Waals surface area (Å²) in [5, 5.41) is 13.5. The molecular formula is C18H27NO2. The maximum atomic E-state index is 12.4. The zero-order chi connectivity index (χ0) is 15.5. The number of aliphatic hydroxyl groups is 1. The van der Waals surface area contributed by atoms with E-state index in [0.29, 0.717) is 6.54 Å². The molecule has 0 unspecified atom stereocenters. The van der Waals surface area contributed by atoms with Crippen LogP contribution >= 0.6 is 0 Å². The molecule has 3 heteroatoms. The van der Waals surface area contributed by atoms with Gasteiger partial charge in [-0.05, 0) is 56.6 Å². The number of benzene rings is 1. The number of carbonyl (C=O) groups is 1. The molecule has 2 N–H and O–H groups in total. The highest BCUT2D eigenvalue weighted by atomic mass is 16.3. The quantitative estimate of drug-likeness (QED) is 0.893. The molecule has 0 bridgehead atoms. The zero-order valence-corrected chi connectivity index (χ0v) is 13.4. The number of hydrogen-bond acceptors (Lipinski definition) is 2. The second-order valence-electron chi connectivity index (χ2n) is 6.53. The molecule has 1 aromatic rings. The van der Waals surface area contributed by atoms with Crippen LogP contribution in [0.2, 0.25) is 0 Å². The van der Waals surface area contributed by atoms with E-state index in [1.165, 1.54) is 6.42 Å². The fourth-order valence-corrected chi connectivity index (χ4v) is 3.31. The highest BCUT2D eigenvalue weighted by Gasteiger charge is 2.33. The third-order valence-corrected chi connectivity index (χ3v) is 4.90. The summed E-state index contributed by atoms with van der Waals surface area (Å²) in [6.07, 6.45) is 4.89. The van der Waals surface area contributed by atoms with Gasteiger partial charge < -0.3 is 10.4 Å². The third-order valence-electron chi connectivity index (χ3n) is 4.90. The van der Waals surface area contributed by atoms with E-state index < -0.39 is 5.60 Å². The minimum absolute atomic E-state index is 0.0726. The normalized spacial score (nSPS) is 25.6. The predicted molar refractivity (Wildman–Crippen MR) is 85.4 cm³/mol. The van der Waals surface area contributed by atoms with Crippen molar-refractivity contribution in [2.75, 3.05) is 6.54 Å². The topological polar surface area (TPSA) is 49.3 Å². The summed E-state index contributed by atoms with van der Waals surface area (Å²) in [5.41, 5.74) is 1.98. The Morgan fingerprint density at radius 3 is 2.38 bits per heavy atom. The Morgan fingerprint density at radius 1 is 1.29 bits per heavy atom. The first-order chi connectivity index (χ1) is 9.95. The van der Waals surface area contributed by atoms with Crippen molar-refractivity contribution in [3.05, 3.63) is 34.9 Å². The van der Waals surface area contributed by atoms with Gasteiger partial charge >= 0.3 is 0 Å². The van der Waals surface area contributed by atoms with Crippen LogP contribution in [0.4, 0.5) is 0 Å². The standard InChI is InChI=1S/C18H27NO2/c1-4-15-8-10-18(21,11-9-15)12-19-17(20)16-13(2)6-5-7-14(16)3/h5-7,15,21H,4,8-12H2,1-3H3,(H,19,20). The van der Waals surface area contributed by atoms with Gasteiger partial charge in [0.05, 0.1) is 5.60 Å². The Morgan fingerprint density at radius 2 is 1.86 bits per heavy atom. The van der Waals surface area contributed by atoms with Crippen LogP contribution in [0.15, 0.2) is 18.2 Å². The molecule has 1 aromatic carbocycles. The van der Waals surface area contributed by atoms with Crippen LogP contribution in [-0.4, -0.2) is 23.2 Å². The number of amides is 1. The lowest BCUT2D eigenvalue weighted by Gasteiger charge is -2.36. The Hall–Kier alpha value is -1.35. The Labute approximate surface area is 127 Å². The highest BCUT2D eigenvalue weighted by Crippen LogP contribution is 2.33. The van der Waals surface area contributed by atoms with Gasteiger partial charge in [0, 0.05) is 12.1 Å². The van der Waals surface area contributed by atoms with Crippen molar-refractivity contribution in [2.24, 2.45) is 5.92 Å². The molecule has 1 amide bonds. The van der Waals surface area contributed by atoms with Crippen molar-refractivity contribution in [1.29, 1.82) is 0 Å². The lowest BCUT2D eigenvalue weighted by Crippen LogP contribution is -2.45. The van der Waals surface area contributed by atoms with E-state index in [1.807, 2.05) is 32.0 Å². The van der Waals surface area contributed by atoms with Crippen molar-refractivity contribution in [2.45, 2.75) is 58.5 Å². The molecule has 0 aliphatic heterocycles. The highest BCUT2D eigenvalue weighted by molar-refractivity contribution is 5.97. The van der Waals surface area contributed by atoms with E-state index in [0.717, 1.165) is 48.3 Å². The molecule has 21 heavy (non-hydrogen) atoms. The SMILES string of the molecule is CCC1CCC(O)(CNC(=O)c2c(C)cccc2C)CC1. The van der Waals surface area contributed by atoms with Crippen molar-refractivity contribution >= 4 is 5.91 Å². The van der Waals surface area contributed by atoms with E-state index in [9.17, 15) is 9.90 Å². The van der Waals surface area contributed by atoms with Crippen LogP contribution in [0.5, 0.6) is 0 Å². The van der Waals surface area contributed by atoms with Gasteiger partial charge in [-0.15, -0.1) is 0 Å². The third kappa shape index (κ3) is 3.85. The molecule has 2 rings (SSSR count). The van der Waals surface area contributed by atoms with Crippen LogP contribution in [0, 0.1) is 19.8 Å². The van der Waals surface area contributed by atoms with Crippen LogP contribution in [0.25, 0.3) is 0 Å². The van der Waals surface area contributed by atoms with Crippen LogP contribution in [-0.2, 0) is 0 Å². The van der Waals surface area contributed by atoms with Gasteiger partial charge in [0.25, 0.3) is 5.91 Å². The average molecular weight is 289 g/mol. The summed E-state index contributed by atoms with van der Waals surface area (Å²) in [7, 11) is 0. The largest absolute Gasteiger partial charge is 0.388 e. The van der Waals surface area contributed by atoms with Gasteiger partial charge in [0.2, 0.25) is 0 Å². The lowest BCUT2D eigenvalue weighted by molar-refractivity contribution is -0.00787. The Balaban J connectivity index is 1.95. The number of aryl methyl sites for hydroxylation is 2. The molecule has 1 aliphatic carbocycles. The van der Waals surface area contributed by atoms with Crippen LogP contribution < -0.4 is 5.32 Å². The summed E-state index contributed by atoms with van der Waals surface area (Å²) >= 11 is 0. The number of hydrogen-bond donors (Lipinski definition) is 2. The first-order valence-corrected chi connectivity index (χ1v) is 8.02. The van der Waals surface area contributed by atoms with E-state index in [2.05, 4.69) is 12.2 Å². The summed E-state index contributed by atoms with van der Waals surface area (Å²) in [6.45, 7) is 6.46. The Kier molecular flexibility index (Phi) is 5.04. The minimum Gasteiger partial charge on any atom is -0.388 e. The first kappa shape index (κ1) is 16.0. The molecule has 1 aliphatic rings. The van der Waals surface area contributed by atoms with E-state index >= 15 is 0 Å². The monoisotopic (exact) mass is 289 g/mol. The first-order valence-electron chi connectivity index (χ1n) is 8.02. The van der Waals surface area contributed by atoms with E-state index in [-0.39, 0.29) is 5.91 Å². The van der Waals surface area contributed by atoms with Gasteiger partial charge in [-0.2, -0.15) is 0 Å². The second kappa shape index (κ2) is 6.61. The molecule has 116 valence electrons. The maximum absolute atomic E-state index is 12.4. The van der Waals surface area contributed by atoms with Gasteiger partial charge in [0.15, 0.2) is 0 Å². The van der Waals surface area contributed by atoms with Gasteiger partial charge in [-0.3, -0.25) is 4.79 Å². The molecule has 3 nitrogen and oxygen atoms in total. The molecule has 0 heterocycles. The zero-order valence-electron chi connectivity index (χ0n) is 13.4. The predicted octanol–water partition coefficient (Wildman–Crippen LogP) is 3.36. The number of carbonyl (C=O) groups excluding carboxylic acids is 1. The molecule has 0 saturated heterocycles. The molecule has 0 radical (unpaired) electrons. The molecule has 0 spiro atoms. The van der Waals surface area contributed by atoms with Crippen molar-refractivity contribution in [3.8, 4) is 0 Å². The summed E-state index contributed by atoms with van der Waals surface area (Å²) in [4.78, 5) is 12.4. The van der Waals surface area contributed by atoms with E-state index in [1.54, 1.807) is 0 Å². The smallest absolute Gasteiger partial charge is 0.251 e. The van der Waals surface area contributed by atoms with Gasteiger partial charge in [0.1, 0.15) is 0 Å². The fraction of sp³-hybridized carbons (Fsp3) is 0.611. The summed E-state index contributed by atoms with van der Waals surface area (Å²) in [6, 6.07) is 5.85. The minimum atomic E-state index is -0.724. The summed E-state index contributed by atoms with van der Waals surface area (Å²) in [5.74, 6) is 0.663. The molecule has 1 saturated carbocycles. The van der Waals surface area contributed by atoms with Crippen LogP contribution in [0.3, 0.4) is 0 Å². The van der Waals surface area contributed by atoms with Gasteiger partial charge in [-0.1, -0.05) is 31.5 Å². The Bertz CT molecular complexity index is 482. The van der Waals surface area contributed by atoms with Crippen molar-refractivity contribution in [1.82, 2.24) is 5.32 Å².